The molecular weight excluding hydrogens is 267 g/mol. The van der Waals surface area contributed by atoms with Crippen LogP contribution in [0.15, 0.2) is 6.07 Å². The largest absolute Gasteiger partial charge is 0.496 e. The minimum absolute atomic E-state index is 0.577. The lowest BCUT2D eigenvalue weighted by Crippen LogP contribution is -1.90. The minimum atomic E-state index is 0.577. The van der Waals surface area contributed by atoms with E-state index in [4.69, 9.17) is 27.9 Å². The van der Waals surface area contributed by atoms with Crippen LogP contribution in [0.4, 0.5) is 0 Å². The van der Waals surface area contributed by atoms with Gasteiger partial charge in [0.2, 0.25) is 0 Å². The molecule has 3 heteroatoms. The van der Waals surface area contributed by atoms with Crippen LogP contribution in [-0.2, 0) is 0 Å². The monoisotopic (exact) mass is 294 g/mol. The molecule has 0 saturated heterocycles. The average Bonchev–Trinajstić information content (AvgIpc) is 2.47. The van der Waals surface area contributed by atoms with Gasteiger partial charge in [0.05, 0.1) is 17.2 Å². The van der Waals surface area contributed by atoms with Crippen LogP contribution >= 0.6 is 23.2 Å². The van der Waals surface area contributed by atoms with Gasteiger partial charge in [0.25, 0.3) is 0 Å². The van der Waals surface area contributed by atoms with Crippen molar-refractivity contribution in [1.29, 1.82) is 0 Å². The van der Waals surface area contributed by atoms with Gasteiger partial charge in [-0.15, -0.1) is 0 Å². The fourth-order valence-electron chi connectivity index (χ4n) is 1.03. The van der Waals surface area contributed by atoms with Crippen LogP contribution in [0.3, 0.4) is 0 Å². The van der Waals surface area contributed by atoms with E-state index in [1.807, 2.05) is 61.5 Å². The molecule has 0 saturated carbocycles. The fourth-order valence-corrected chi connectivity index (χ4v) is 1.46. The number of aryl methyl sites for hydroxylation is 1. The molecule has 108 valence electrons. The first-order valence-electron chi connectivity index (χ1n) is 6.57. The third-order valence-corrected chi connectivity index (χ3v) is 2.86. The van der Waals surface area contributed by atoms with Gasteiger partial charge in [0.1, 0.15) is 5.75 Å². The Morgan fingerprint density at radius 1 is 0.833 bits per heavy atom. The van der Waals surface area contributed by atoms with Gasteiger partial charge in [0, 0.05) is 5.56 Å². The van der Waals surface area contributed by atoms with Crippen molar-refractivity contribution in [1.82, 2.24) is 0 Å². The number of halogens is 2. The van der Waals surface area contributed by atoms with E-state index >= 15 is 0 Å². The van der Waals surface area contributed by atoms with E-state index in [1.165, 1.54) is 0 Å². The summed E-state index contributed by atoms with van der Waals surface area (Å²) in [7, 11) is 1.62. The van der Waals surface area contributed by atoms with Crippen molar-refractivity contribution in [2.24, 2.45) is 0 Å². The lowest BCUT2D eigenvalue weighted by molar-refractivity contribution is 0.411. The Balaban J connectivity index is -0.000000328. The van der Waals surface area contributed by atoms with E-state index in [9.17, 15) is 0 Å². The van der Waals surface area contributed by atoms with E-state index in [0.29, 0.717) is 10.0 Å². The van der Waals surface area contributed by atoms with Crippen LogP contribution in [0, 0.1) is 13.8 Å². The van der Waals surface area contributed by atoms with Crippen molar-refractivity contribution in [2.75, 3.05) is 7.11 Å². The summed E-state index contributed by atoms with van der Waals surface area (Å²) in [5.74, 6) is 0.780. The number of methoxy groups -OCH3 is 1. The molecule has 1 rings (SSSR count). The van der Waals surface area contributed by atoms with Crippen molar-refractivity contribution in [3.05, 3.63) is 27.2 Å². The molecule has 0 fully saturated rings. The fraction of sp³-hybridized carbons (Fsp3) is 0.600. The second kappa shape index (κ2) is 14.7. The van der Waals surface area contributed by atoms with Crippen LogP contribution in [0.5, 0.6) is 5.75 Å². The van der Waals surface area contributed by atoms with Crippen LogP contribution in [-0.4, -0.2) is 7.11 Å². The van der Waals surface area contributed by atoms with Gasteiger partial charge >= 0.3 is 0 Å². The lowest BCUT2D eigenvalue weighted by Gasteiger charge is -2.09. The normalized spacial score (nSPS) is 7.72. The summed E-state index contributed by atoms with van der Waals surface area (Å²) in [5.41, 5.74) is 1.82. The highest BCUT2D eigenvalue weighted by atomic mass is 35.5. The zero-order valence-corrected chi connectivity index (χ0v) is 14.8. The Morgan fingerprint density at radius 3 is 1.56 bits per heavy atom. The second-order valence-corrected chi connectivity index (χ2v) is 3.40. The van der Waals surface area contributed by atoms with Crippen molar-refractivity contribution in [3.8, 4) is 5.75 Å². The zero-order chi connectivity index (χ0) is 15.3. The van der Waals surface area contributed by atoms with Crippen LogP contribution in [0.25, 0.3) is 0 Å². The van der Waals surface area contributed by atoms with E-state index < -0.39 is 0 Å². The number of benzene rings is 1. The van der Waals surface area contributed by atoms with E-state index in [1.54, 1.807) is 7.11 Å². The SMILES string of the molecule is CC.CC.CC.COc1cc(C)c(Cl)c(Cl)c1C. The van der Waals surface area contributed by atoms with Gasteiger partial charge in [-0.3, -0.25) is 0 Å². The number of rotatable bonds is 1. The topological polar surface area (TPSA) is 9.23 Å². The molecule has 0 aliphatic rings. The molecule has 18 heavy (non-hydrogen) atoms. The quantitative estimate of drug-likeness (QED) is 0.560. The van der Waals surface area contributed by atoms with Gasteiger partial charge in [0.15, 0.2) is 0 Å². The van der Waals surface area contributed by atoms with Crippen LogP contribution in [0.2, 0.25) is 10.0 Å². The Labute approximate surface area is 123 Å². The summed E-state index contributed by atoms with van der Waals surface area (Å²) in [6, 6.07) is 1.88. The number of hydrogen-bond acceptors (Lipinski definition) is 1. The highest BCUT2D eigenvalue weighted by molar-refractivity contribution is 6.43. The van der Waals surface area contributed by atoms with E-state index in [0.717, 1.165) is 16.9 Å². The summed E-state index contributed by atoms with van der Waals surface area (Å²) >= 11 is 11.9. The summed E-state index contributed by atoms with van der Waals surface area (Å²) in [4.78, 5) is 0. The Hall–Kier alpha value is -0.400. The van der Waals surface area contributed by atoms with Gasteiger partial charge in [-0.1, -0.05) is 64.7 Å². The summed E-state index contributed by atoms with van der Waals surface area (Å²) in [6.07, 6.45) is 0. The molecule has 1 aromatic rings. The molecule has 0 aromatic heterocycles. The molecule has 0 radical (unpaired) electrons. The smallest absolute Gasteiger partial charge is 0.123 e. The maximum atomic E-state index is 5.95. The van der Waals surface area contributed by atoms with Gasteiger partial charge in [-0.2, -0.15) is 0 Å². The molecular formula is C15H28Cl2O. The maximum Gasteiger partial charge on any atom is 0.123 e. The lowest BCUT2D eigenvalue weighted by atomic mass is 10.1. The molecule has 0 atom stereocenters. The van der Waals surface area contributed by atoms with Crippen LogP contribution in [0.1, 0.15) is 52.7 Å². The summed E-state index contributed by atoms with van der Waals surface area (Å²) in [6.45, 7) is 15.8. The molecule has 1 aromatic carbocycles. The number of ether oxygens (including phenoxy) is 1. The van der Waals surface area contributed by atoms with Crippen molar-refractivity contribution < 1.29 is 4.74 Å². The molecule has 0 aliphatic heterocycles. The first kappa shape index (κ1) is 22.8. The van der Waals surface area contributed by atoms with Crippen molar-refractivity contribution >= 4 is 23.2 Å². The molecule has 0 spiro atoms. The highest BCUT2D eigenvalue weighted by Crippen LogP contribution is 2.34. The molecule has 0 heterocycles. The predicted octanol–water partition coefficient (Wildman–Crippen LogP) is 6.70. The molecule has 1 nitrogen and oxygen atoms in total. The molecule has 0 N–H and O–H groups in total. The third-order valence-electron chi connectivity index (χ3n) is 1.81. The van der Waals surface area contributed by atoms with Crippen LogP contribution < -0.4 is 4.74 Å². The first-order chi connectivity index (χ1) is 8.57. The second-order valence-electron chi connectivity index (χ2n) is 2.65. The Kier molecular flexibility index (Phi) is 18.5. The third kappa shape index (κ3) is 7.13. The Morgan fingerprint density at radius 2 is 1.22 bits per heavy atom. The Bertz CT molecular complexity index is 310. The van der Waals surface area contributed by atoms with Gasteiger partial charge in [-0.25, -0.2) is 0 Å². The highest BCUT2D eigenvalue weighted by Gasteiger charge is 2.09. The van der Waals surface area contributed by atoms with Gasteiger partial charge < -0.3 is 4.74 Å². The predicted molar refractivity (Wildman–Crippen MR) is 86.5 cm³/mol. The zero-order valence-electron chi connectivity index (χ0n) is 13.2. The van der Waals surface area contributed by atoms with Crippen molar-refractivity contribution in [2.45, 2.75) is 55.4 Å². The number of hydrogen-bond donors (Lipinski definition) is 0. The average molecular weight is 295 g/mol. The minimum Gasteiger partial charge on any atom is -0.496 e. The molecule has 0 unspecified atom stereocenters. The van der Waals surface area contributed by atoms with E-state index in [2.05, 4.69) is 0 Å². The summed E-state index contributed by atoms with van der Waals surface area (Å²) in [5, 5.41) is 1.18. The standard InChI is InChI=1S/C9H10Cl2O.3C2H6/c1-5-4-7(12-3)6(2)9(11)8(5)10;3*1-2/h4H,1-3H3;3*1-2H3. The summed E-state index contributed by atoms with van der Waals surface area (Å²) < 4.78 is 5.12. The first-order valence-corrected chi connectivity index (χ1v) is 7.32. The van der Waals surface area contributed by atoms with Gasteiger partial charge in [-0.05, 0) is 25.5 Å². The molecule has 0 amide bonds. The molecule has 0 bridgehead atoms. The van der Waals surface area contributed by atoms with Crippen molar-refractivity contribution in [3.63, 3.8) is 0 Å². The molecule has 0 aliphatic carbocycles. The maximum absolute atomic E-state index is 5.95. The van der Waals surface area contributed by atoms with E-state index in [-0.39, 0.29) is 0 Å².